The van der Waals surface area contributed by atoms with Crippen molar-refractivity contribution in [1.82, 2.24) is 19.7 Å². The second kappa shape index (κ2) is 11.3. The number of hydrogen-bond donors (Lipinski definition) is 2. The number of nitrogens with zero attached hydrogens (tertiary/aromatic N) is 5. The zero-order valence-corrected chi connectivity index (χ0v) is 21.0. The molecule has 4 rings (SSSR count). The van der Waals surface area contributed by atoms with Gasteiger partial charge in [-0.05, 0) is 43.5 Å². The molecule has 0 spiro atoms. The summed E-state index contributed by atoms with van der Waals surface area (Å²) in [6.07, 6.45) is 6.02. The molecule has 10 heteroatoms. The van der Waals surface area contributed by atoms with Crippen molar-refractivity contribution in [3.8, 4) is 16.9 Å². The molecule has 4 aromatic rings. The lowest BCUT2D eigenvalue weighted by Crippen LogP contribution is -2.30. The van der Waals surface area contributed by atoms with Gasteiger partial charge in [-0.2, -0.15) is 5.10 Å². The van der Waals surface area contributed by atoms with E-state index < -0.39 is 11.9 Å². The molecule has 0 radical (unpaired) electrons. The van der Waals surface area contributed by atoms with Gasteiger partial charge in [-0.3, -0.25) is 9.67 Å². The van der Waals surface area contributed by atoms with Crippen LogP contribution in [0.1, 0.15) is 12.5 Å². The van der Waals surface area contributed by atoms with Crippen LogP contribution in [0.4, 0.5) is 21.6 Å². The first-order chi connectivity index (χ1) is 17.9. The highest BCUT2D eigenvalue weighted by Crippen LogP contribution is 2.38. The van der Waals surface area contributed by atoms with Crippen molar-refractivity contribution in [1.29, 1.82) is 0 Å². The summed E-state index contributed by atoms with van der Waals surface area (Å²) in [4.78, 5) is 12.7. The predicted molar refractivity (Wildman–Crippen MR) is 143 cm³/mol. The monoisotopic (exact) mass is 504 g/mol. The molecule has 0 saturated carbocycles. The number of benzene rings is 2. The summed E-state index contributed by atoms with van der Waals surface area (Å²) >= 11 is 0. The molecule has 0 fully saturated rings. The van der Waals surface area contributed by atoms with Gasteiger partial charge in [-0.15, -0.1) is 0 Å². The molecule has 2 aromatic carbocycles. The van der Waals surface area contributed by atoms with Crippen molar-refractivity contribution < 1.29 is 19.0 Å². The van der Waals surface area contributed by atoms with Gasteiger partial charge in [0.25, 0.3) is 0 Å². The number of rotatable bonds is 11. The number of hydrogen-bond acceptors (Lipinski definition) is 8. The van der Waals surface area contributed by atoms with E-state index in [0.29, 0.717) is 34.8 Å². The van der Waals surface area contributed by atoms with Gasteiger partial charge < -0.3 is 19.9 Å². The third-order valence-electron chi connectivity index (χ3n) is 6.12. The van der Waals surface area contributed by atoms with Gasteiger partial charge in [0.2, 0.25) is 0 Å². The number of ether oxygens (including phenoxy) is 2. The number of fused-ring (bicyclic) bond motifs is 1. The lowest BCUT2D eigenvalue weighted by atomic mass is 10.0. The van der Waals surface area contributed by atoms with Crippen LogP contribution < -0.4 is 10.1 Å². The number of aromatic nitrogens is 4. The number of halogens is 1. The Kier molecular flexibility index (Phi) is 7.90. The Bertz CT molecular complexity index is 1440. The number of aryl methyl sites for hydroxylation is 1. The second-order valence-electron chi connectivity index (χ2n) is 8.56. The minimum Gasteiger partial charge on any atom is -0.489 e. The van der Waals surface area contributed by atoms with Gasteiger partial charge in [-0.25, -0.2) is 14.4 Å². The van der Waals surface area contributed by atoms with Crippen LogP contribution in [0.25, 0.3) is 28.1 Å². The number of aliphatic imine (C=N–C) groups is 1. The number of nitrogens with one attached hydrogen (secondary N) is 1. The molecular weight excluding hydrogens is 475 g/mol. The predicted octanol–water partition coefficient (Wildman–Crippen LogP) is 4.91. The van der Waals surface area contributed by atoms with E-state index in [0.717, 1.165) is 11.1 Å². The molecule has 2 unspecified atom stereocenters. The summed E-state index contributed by atoms with van der Waals surface area (Å²) < 4.78 is 28.6. The molecule has 0 bridgehead atoms. The minimum absolute atomic E-state index is 0.115. The second-order valence-corrected chi connectivity index (χ2v) is 8.56. The number of anilines is 2. The lowest BCUT2D eigenvalue weighted by Gasteiger charge is -2.24. The van der Waals surface area contributed by atoms with Crippen LogP contribution in [0.2, 0.25) is 0 Å². The summed E-state index contributed by atoms with van der Waals surface area (Å²) in [5, 5.41) is 17.8. The van der Waals surface area contributed by atoms with E-state index in [9.17, 15) is 5.11 Å². The van der Waals surface area contributed by atoms with Crippen molar-refractivity contribution >= 4 is 40.9 Å². The van der Waals surface area contributed by atoms with Crippen LogP contribution in [-0.4, -0.2) is 58.0 Å². The first kappa shape index (κ1) is 25.9. The van der Waals surface area contributed by atoms with Crippen LogP contribution in [0.15, 0.2) is 54.6 Å². The Morgan fingerprint density at radius 1 is 1.27 bits per heavy atom. The molecule has 37 heavy (non-hydrogen) atoms. The van der Waals surface area contributed by atoms with Crippen LogP contribution in [0.3, 0.4) is 0 Å². The van der Waals surface area contributed by atoms with Crippen molar-refractivity contribution in [2.75, 3.05) is 25.6 Å². The van der Waals surface area contributed by atoms with Gasteiger partial charge in [0.05, 0.1) is 41.7 Å². The summed E-state index contributed by atoms with van der Waals surface area (Å²) in [6, 6.07) is 6.97. The van der Waals surface area contributed by atoms with Crippen molar-refractivity contribution in [2.45, 2.75) is 13.0 Å². The lowest BCUT2D eigenvalue weighted by molar-refractivity contribution is 0.0390. The summed E-state index contributed by atoms with van der Waals surface area (Å²) in [6.45, 7) is 9.24. The summed E-state index contributed by atoms with van der Waals surface area (Å²) in [5.41, 5.74) is 3.10. The standard InChI is InChI=1S/C27H29FN6O3/c1-6-20-21(29-3)7-8-22(26(20)28)33-27-25-23(30-15-31-27)9-17(18-11-32-34(4)12-18)10-24(25)37-16(2)19(13-35)14-36-5/h6-12,15-16,19,35H,1,3,13-14H2,2,4-5H3,(H,30,31,33). The molecule has 192 valence electrons. The fourth-order valence-electron chi connectivity index (χ4n) is 4.06. The topological polar surface area (TPSA) is 107 Å². The summed E-state index contributed by atoms with van der Waals surface area (Å²) in [7, 11) is 3.41. The van der Waals surface area contributed by atoms with E-state index >= 15 is 4.39 Å². The average molecular weight is 505 g/mol. The zero-order chi connectivity index (χ0) is 26.5. The Hall–Kier alpha value is -4.15. The van der Waals surface area contributed by atoms with E-state index in [2.05, 4.69) is 38.7 Å². The van der Waals surface area contributed by atoms with Crippen LogP contribution >= 0.6 is 0 Å². The molecule has 2 heterocycles. The van der Waals surface area contributed by atoms with E-state index in [1.54, 1.807) is 30.1 Å². The van der Waals surface area contributed by atoms with Crippen LogP contribution in [0.5, 0.6) is 5.75 Å². The van der Waals surface area contributed by atoms with E-state index in [4.69, 9.17) is 9.47 Å². The number of aliphatic hydroxyl groups excluding tert-OH is 1. The van der Waals surface area contributed by atoms with Gasteiger partial charge in [0, 0.05) is 37.4 Å². The van der Waals surface area contributed by atoms with Gasteiger partial charge >= 0.3 is 0 Å². The van der Waals surface area contributed by atoms with Crippen molar-refractivity contribution in [2.24, 2.45) is 18.0 Å². The SMILES string of the molecule is C=Cc1c(N=C)ccc(Nc2ncnc3cc(-c4cnn(C)c4)cc(OC(C)C(CO)COC)c23)c1F. The van der Waals surface area contributed by atoms with Crippen molar-refractivity contribution in [3.05, 3.63) is 60.9 Å². The van der Waals surface area contributed by atoms with E-state index in [1.807, 2.05) is 32.3 Å². The molecule has 9 nitrogen and oxygen atoms in total. The molecule has 0 saturated heterocycles. The fraction of sp³-hybridized carbons (Fsp3) is 0.259. The Morgan fingerprint density at radius 3 is 2.73 bits per heavy atom. The molecule has 2 N–H and O–H groups in total. The highest BCUT2D eigenvalue weighted by molar-refractivity contribution is 5.98. The minimum atomic E-state index is -0.532. The fourth-order valence-corrected chi connectivity index (χ4v) is 4.06. The summed E-state index contributed by atoms with van der Waals surface area (Å²) in [5.74, 6) is 0.0188. The zero-order valence-electron chi connectivity index (χ0n) is 21.0. The van der Waals surface area contributed by atoms with E-state index in [1.165, 1.54) is 12.4 Å². The van der Waals surface area contributed by atoms with E-state index in [-0.39, 0.29) is 23.8 Å². The molecular formula is C27H29FN6O3. The maximum absolute atomic E-state index is 15.3. The van der Waals surface area contributed by atoms with Gasteiger partial charge in [-0.1, -0.05) is 12.7 Å². The average Bonchev–Trinajstić information content (AvgIpc) is 3.34. The molecule has 0 aliphatic heterocycles. The third kappa shape index (κ3) is 5.35. The Morgan fingerprint density at radius 2 is 2.08 bits per heavy atom. The smallest absolute Gasteiger partial charge is 0.156 e. The maximum atomic E-state index is 15.3. The molecule has 2 atom stereocenters. The third-order valence-corrected chi connectivity index (χ3v) is 6.12. The highest BCUT2D eigenvalue weighted by Gasteiger charge is 2.22. The molecule has 0 aliphatic carbocycles. The largest absolute Gasteiger partial charge is 0.489 e. The van der Waals surface area contributed by atoms with Gasteiger partial charge in [0.1, 0.15) is 24.0 Å². The van der Waals surface area contributed by atoms with Crippen molar-refractivity contribution in [3.63, 3.8) is 0 Å². The normalized spacial score (nSPS) is 12.8. The van der Waals surface area contributed by atoms with Crippen LogP contribution in [0, 0.1) is 11.7 Å². The molecule has 2 aromatic heterocycles. The van der Waals surface area contributed by atoms with Gasteiger partial charge in [0.15, 0.2) is 5.82 Å². The highest BCUT2D eigenvalue weighted by atomic mass is 19.1. The Labute approximate surface area is 214 Å². The first-order valence-electron chi connectivity index (χ1n) is 11.6. The quantitative estimate of drug-likeness (QED) is 0.280. The number of aliphatic hydroxyl groups is 1. The first-order valence-corrected chi connectivity index (χ1v) is 11.6. The van der Waals surface area contributed by atoms with Crippen LogP contribution in [-0.2, 0) is 11.8 Å². The Balaban J connectivity index is 1.86. The maximum Gasteiger partial charge on any atom is 0.156 e. The number of methoxy groups -OCH3 is 1. The molecule has 0 amide bonds. The molecule has 0 aliphatic rings.